The number of nitrogen functional groups attached to an aromatic ring is 1. The van der Waals surface area contributed by atoms with E-state index in [-0.39, 0.29) is 0 Å². The lowest BCUT2D eigenvalue weighted by atomic mass is 10.1. The third kappa shape index (κ3) is 2.39. The molecule has 0 aliphatic carbocycles. The molecule has 0 saturated heterocycles. The summed E-state index contributed by atoms with van der Waals surface area (Å²) >= 11 is 0. The van der Waals surface area contributed by atoms with E-state index in [9.17, 15) is 0 Å². The van der Waals surface area contributed by atoms with E-state index in [4.69, 9.17) is 11.5 Å². The fourth-order valence-corrected chi connectivity index (χ4v) is 1.14. The number of hydrogen-bond acceptors (Lipinski definition) is 4. The van der Waals surface area contributed by atoms with Gasteiger partial charge in [0.2, 0.25) is 0 Å². The molecule has 13 heavy (non-hydrogen) atoms. The maximum Gasteiger partial charge on any atom is 0.131 e. The molecule has 4 nitrogen and oxygen atoms in total. The van der Waals surface area contributed by atoms with Crippen LogP contribution in [0.1, 0.15) is 31.2 Å². The fraction of sp³-hybridized carbons (Fsp3) is 0.556. The summed E-state index contributed by atoms with van der Waals surface area (Å²) in [6.07, 6.45) is 2.47. The summed E-state index contributed by atoms with van der Waals surface area (Å²) in [5, 5.41) is 0. The lowest BCUT2D eigenvalue weighted by Gasteiger charge is -2.08. The zero-order chi connectivity index (χ0) is 9.84. The van der Waals surface area contributed by atoms with Crippen LogP contribution in [0.3, 0.4) is 0 Å². The average molecular weight is 180 g/mol. The van der Waals surface area contributed by atoms with Crippen molar-refractivity contribution in [3.8, 4) is 0 Å². The number of aromatic nitrogens is 2. The van der Waals surface area contributed by atoms with Crippen LogP contribution >= 0.6 is 0 Å². The molecule has 0 aromatic carbocycles. The van der Waals surface area contributed by atoms with Crippen molar-refractivity contribution in [1.29, 1.82) is 0 Å². The normalized spacial score (nSPS) is 10.8. The van der Waals surface area contributed by atoms with E-state index in [0.29, 0.717) is 24.7 Å². The molecular weight excluding hydrogens is 164 g/mol. The van der Waals surface area contributed by atoms with Crippen LogP contribution < -0.4 is 11.5 Å². The van der Waals surface area contributed by atoms with Crippen LogP contribution in [0, 0.1) is 0 Å². The van der Waals surface area contributed by atoms with Gasteiger partial charge in [0.15, 0.2) is 0 Å². The second-order valence-electron chi connectivity index (χ2n) is 3.32. The Morgan fingerprint density at radius 1 is 1.46 bits per heavy atom. The average Bonchev–Trinajstić information content (AvgIpc) is 2.04. The van der Waals surface area contributed by atoms with Crippen LogP contribution in [0.15, 0.2) is 6.20 Å². The Hall–Kier alpha value is -1.16. The molecule has 0 atom stereocenters. The number of nitrogens with two attached hydrogens (primary N) is 2. The van der Waals surface area contributed by atoms with E-state index in [1.165, 1.54) is 0 Å². The van der Waals surface area contributed by atoms with Gasteiger partial charge < -0.3 is 11.5 Å². The maximum absolute atomic E-state index is 5.76. The van der Waals surface area contributed by atoms with Gasteiger partial charge in [0.05, 0.1) is 0 Å². The summed E-state index contributed by atoms with van der Waals surface area (Å²) in [7, 11) is 0. The largest absolute Gasteiger partial charge is 0.383 e. The van der Waals surface area contributed by atoms with E-state index >= 15 is 0 Å². The van der Waals surface area contributed by atoms with Crippen LogP contribution in [0.5, 0.6) is 0 Å². The Kier molecular flexibility index (Phi) is 3.19. The van der Waals surface area contributed by atoms with Crippen molar-refractivity contribution in [2.75, 3.05) is 12.3 Å². The summed E-state index contributed by atoms with van der Waals surface area (Å²) in [5.74, 6) is 1.67. The Labute approximate surface area is 78.4 Å². The molecule has 0 unspecified atom stereocenters. The van der Waals surface area contributed by atoms with Crippen molar-refractivity contribution in [2.24, 2.45) is 5.73 Å². The van der Waals surface area contributed by atoms with Gasteiger partial charge >= 0.3 is 0 Å². The molecule has 0 saturated carbocycles. The minimum absolute atomic E-state index is 0.368. The van der Waals surface area contributed by atoms with Gasteiger partial charge in [-0.15, -0.1) is 0 Å². The van der Waals surface area contributed by atoms with Gasteiger partial charge in [-0.3, -0.25) is 0 Å². The van der Waals surface area contributed by atoms with Crippen LogP contribution in [0.2, 0.25) is 0 Å². The van der Waals surface area contributed by atoms with Crippen LogP contribution in [-0.4, -0.2) is 16.5 Å². The zero-order valence-corrected chi connectivity index (χ0v) is 8.12. The molecule has 1 aromatic rings. The summed E-state index contributed by atoms with van der Waals surface area (Å²) < 4.78 is 0. The Balaban J connectivity index is 2.92. The molecule has 0 radical (unpaired) electrons. The number of rotatable bonds is 3. The highest BCUT2D eigenvalue weighted by atomic mass is 14.9. The highest BCUT2D eigenvalue weighted by Crippen LogP contribution is 2.18. The highest BCUT2D eigenvalue weighted by Gasteiger charge is 2.06. The molecule has 0 spiro atoms. The standard InChI is InChI=1S/C9H16N4/c1-6(2)7-5-12-8(3-4-10)13-9(7)11/h5-6H,3-4,10H2,1-2H3,(H2,11,12,13). The Morgan fingerprint density at radius 2 is 2.15 bits per heavy atom. The summed E-state index contributed by atoms with van der Waals surface area (Å²) in [6.45, 7) is 4.69. The maximum atomic E-state index is 5.76. The smallest absolute Gasteiger partial charge is 0.131 e. The Bertz CT molecular complexity index is 283. The predicted octanol–water partition coefficient (Wildman–Crippen LogP) is 0.683. The molecule has 0 fully saturated rings. The van der Waals surface area contributed by atoms with Crippen molar-refractivity contribution < 1.29 is 0 Å². The first kappa shape index (κ1) is 9.92. The summed E-state index contributed by atoms with van der Waals surface area (Å²) in [5.41, 5.74) is 12.1. The molecule has 72 valence electrons. The lowest BCUT2D eigenvalue weighted by molar-refractivity contribution is 0.817. The first-order chi connectivity index (χ1) is 6.15. The molecule has 0 amide bonds. The second kappa shape index (κ2) is 4.18. The molecule has 4 heteroatoms. The van der Waals surface area contributed by atoms with E-state index in [1.54, 1.807) is 6.20 Å². The number of anilines is 1. The summed E-state index contributed by atoms with van der Waals surface area (Å²) in [6, 6.07) is 0. The second-order valence-corrected chi connectivity index (χ2v) is 3.32. The van der Waals surface area contributed by atoms with Crippen molar-refractivity contribution in [3.05, 3.63) is 17.6 Å². The van der Waals surface area contributed by atoms with Crippen molar-refractivity contribution in [3.63, 3.8) is 0 Å². The van der Waals surface area contributed by atoms with Crippen LogP contribution in [-0.2, 0) is 6.42 Å². The zero-order valence-electron chi connectivity index (χ0n) is 8.12. The van der Waals surface area contributed by atoms with Crippen molar-refractivity contribution >= 4 is 5.82 Å². The number of hydrogen-bond donors (Lipinski definition) is 2. The van der Waals surface area contributed by atoms with Crippen molar-refractivity contribution in [2.45, 2.75) is 26.2 Å². The molecule has 0 aliphatic rings. The molecule has 1 aromatic heterocycles. The van der Waals surface area contributed by atoms with Gasteiger partial charge in [-0.05, 0) is 12.5 Å². The molecule has 4 N–H and O–H groups in total. The quantitative estimate of drug-likeness (QED) is 0.717. The van der Waals surface area contributed by atoms with Gasteiger partial charge in [-0.1, -0.05) is 13.8 Å². The van der Waals surface area contributed by atoms with Gasteiger partial charge in [0.25, 0.3) is 0 Å². The lowest BCUT2D eigenvalue weighted by Crippen LogP contribution is -2.09. The number of nitrogens with zero attached hydrogens (tertiary/aromatic N) is 2. The molecule has 0 aliphatic heterocycles. The van der Waals surface area contributed by atoms with E-state index in [0.717, 1.165) is 11.4 Å². The first-order valence-corrected chi connectivity index (χ1v) is 4.46. The summed E-state index contributed by atoms with van der Waals surface area (Å²) in [4.78, 5) is 8.35. The fourth-order valence-electron chi connectivity index (χ4n) is 1.14. The van der Waals surface area contributed by atoms with Gasteiger partial charge in [0.1, 0.15) is 11.6 Å². The van der Waals surface area contributed by atoms with Gasteiger partial charge in [-0.25, -0.2) is 9.97 Å². The Morgan fingerprint density at radius 3 is 2.62 bits per heavy atom. The van der Waals surface area contributed by atoms with Crippen LogP contribution in [0.25, 0.3) is 0 Å². The van der Waals surface area contributed by atoms with Gasteiger partial charge in [0, 0.05) is 18.2 Å². The molecule has 0 bridgehead atoms. The van der Waals surface area contributed by atoms with E-state index in [1.807, 2.05) is 0 Å². The topological polar surface area (TPSA) is 77.8 Å². The molecule has 1 rings (SSSR count). The predicted molar refractivity (Wildman–Crippen MR) is 53.3 cm³/mol. The monoisotopic (exact) mass is 180 g/mol. The molecular formula is C9H16N4. The van der Waals surface area contributed by atoms with E-state index < -0.39 is 0 Å². The highest BCUT2D eigenvalue weighted by molar-refractivity contribution is 5.39. The SMILES string of the molecule is CC(C)c1cnc(CCN)nc1N. The third-order valence-electron chi connectivity index (χ3n) is 1.89. The minimum Gasteiger partial charge on any atom is -0.383 e. The molecule has 1 heterocycles. The third-order valence-corrected chi connectivity index (χ3v) is 1.89. The van der Waals surface area contributed by atoms with Crippen molar-refractivity contribution in [1.82, 2.24) is 9.97 Å². The minimum atomic E-state index is 0.368. The van der Waals surface area contributed by atoms with Crippen LogP contribution in [0.4, 0.5) is 5.82 Å². The van der Waals surface area contributed by atoms with E-state index in [2.05, 4.69) is 23.8 Å². The van der Waals surface area contributed by atoms with Gasteiger partial charge in [-0.2, -0.15) is 0 Å². The first-order valence-electron chi connectivity index (χ1n) is 4.46.